The molecule has 0 N–H and O–H groups in total. The minimum atomic E-state index is 0.334. The van der Waals surface area contributed by atoms with Gasteiger partial charge in [0.1, 0.15) is 6.61 Å². The quantitative estimate of drug-likeness (QED) is 0.480. The summed E-state index contributed by atoms with van der Waals surface area (Å²) in [4.78, 5) is 10.4. The highest BCUT2D eigenvalue weighted by Crippen LogP contribution is 2.44. The van der Waals surface area contributed by atoms with Gasteiger partial charge in [0.25, 0.3) is 0 Å². The number of hydrogen-bond donors (Lipinski definition) is 0. The van der Waals surface area contributed by atoms with E-state index in [9.17, 15) is 0 Å². The molecule has 2 aromatic carbocycles. The van der Waals surface area contributed by atoms with E-state index in [0.717, 1.165) is 46.0 Å². The fourth-order valence-electron chi connectivity index (χ4n) is 4.58. The van der Waals surface area contributed by atoms with Crippen LogP contribution in [0.5, 0.6) is 11.5 Å². The Morgan fingerprint density at radius 2 is 1.73 bits per heavy atom. The van der Waals surface area contributed by atoms with Crippen molar-refractivity contribution >= 4 is 11.4 Å². The van der Waals surface area contributed by atoms with Gasteiger partial charge in [-0.1, -0.05) is 42.3 Å². The molecule has 1 fully saturated rings. The average Bonchev–Trinajstić information content (AvgIpc) is 2.81. The Morgan fingerprint density at radius 3 is 2.43 bits per heavy atom. The third-order valence-corrected chi connectivity index (χ3v) is 6.14. The van der Waals surface area contributed by atoms with Gasteiger partial charge in [-0.25, -0.2) is 0 Å². The van der Waals surface area contributed by atoms with E-state index >= 15 is 0 Å². The molecular formula is C25H30N2O3. The van der Waals surface area contributed by atoms with Gasteiger partial charge < -0.3 is 14.3 Å². The second-order valence-corrected chi connectivity index (χ2v) is 7.90. The summed E-state index contributed by atoms with van der Waals surface area (Å²) in [5.41, 5.74) is 6.56. The molecule has 2 aromatic rings. The van der Waals surface area contributed by atoms with Crippen LogP contribution in [0.4, 0.5) is 0 Å². The summed E-state index contributed by atoms with van der Waals surface area (Å²) >= 11 is 0. The number of hydrogen-bond acceptors (Lipinski definition) is 5. The SMILES string of the molecule is CCON=C(C)c1ccc(C2=N[C@@H]3CCCC[C@@H]3c3cc(OC)c(OC)cc32)cc1. The van der Waals surface area contributed by atoms with Crippen LogP contribution in [-0.4, -0.2) is 38.3 Å². The minimum absolute atomic E-state index is 0.334. The van der Waals surface area contributed by atoms with Crippen molar-refractivity contribution in [2.45, 2.75) is 51.5 Å². The summed E-state index contributed by atoms with van der Waals surface area (Å²) in [5, 5.41) is 4.14. The van der Waals surface area contributed by atoms with Crippen LogP contribution in [0, 0.1) is 0 Å². The first-order valence-corrected chi connectivity index (χ1v) is 10.8. The molecule has 1 aliphatic heterocycles. The van der Waals surface area contributed by atoms with Gasteiger partial charge in [-0.3, -0.25) is 4.99 Å². The van der Waals surface area contributed by atoms with Crippen molar-refractivity contribution in [2.75, 3.05) is 20.8 Å². The molecule has 5 heteroatoms. The largest absolute Gasteiger partial charge is 0.493 e. The Labute approximate surface area is 178 Å². The molecule has 2 atom stereocenters. The molecule has 0 spiro atoms. The van der Waals surface area contributed by atoms with Crippen LogP contribution >= 0.6 is 0 Å². The first-order valence-electron chi connectivity index (χ1n) is 10.8. The van der Waals surface area contributed by atoms with E-state index in [1.807, 2.05) is 13.8 Å². The lowest BCUT2D eigenvalue weighted by Crippen LogP contribution is -2.29. The van der Waals surface area contributed by atoms with Crippen LogP contribution in [0.3, 0.4) is 0 Å². The molecule has 2 aliphatic rings. The highest BCUT2D eigenvalue weighted by Gasteiger charge is 2.34. The molecule has 4 rings (SSSR count). The van der Waals surface area contributed by atoms with Crippen molar-refractivity contribution in [3.8, 4) is 11.5 Å². The second-order valence-electron chi connectivity index (χ2n) is 7.90. The monoisotopic (exact) mass is 406 g/mol. The number of aliphatic imine (C=N–C) groups is 1. The van der Waals surface area contributed by atoms with Gasteiger partial charge in [-0.2, -0.15) is 0 Å². The van der Waals surface area contributed by atoms with E-state index in [4.69, 9.17) is 19.3 Å². The zero-order valence-electron chi connectivity index (χ0n) is 18.3. The molecule has 5 nitrogen and oxygen atoms in total. The van der Waals surface area contributed by atoms with Crippen LogP contribution in [0.15, 0.2) is 46.5 Å². The first-order chi connectivity index (χ1) is 14.7. The average molecular weight is 407 g/mol. The van der Waals surface area contributed by atoms with E-state index < -0.39 is 0 Å². The van der Waals surface area contributed by atoms with Crippen LogP contribution in [0.25, 0.3) is 0 Å². The fourth-order valence-corrected chi connectivity index (χ4v) is 4.58. The Hall–Kier alpha value is -2.82. The number of methoxy groups -OCH3 is 2. The zero-order chi connectivity index (χ0) is 21.1. The molecule has 30 heavy (non-hydrogen) atoms. The summed E-state index contributed by atoms with van der Waals surface area (Å²) in [5.74, 6) is 1.99. The topological polar surface area (TPSA) is 52.4 Å². The zero-order valence-corrected chi connectivity index (χ0v) is 18.3. The normalized spacial score (nSPS) is 20.7. The Bertz CT molecular complexity index is 963. The second kappa shape index (κ2) is 8.90. The molecular weight excluding hydrogens is 376 g/mol. The predicted octanol–water partition coefficient (Wildman–Crippen LogP) is 5.34. The van der Waals surface area contributed by atoms with Crippen molar-refractivity contribution in [1.29, 1.82) is 0 Å². The maximum absolute atomic E-state index is 5.61. The van der Waals surface area contributed by atoms with Crippen LogP contribution < -0.4 is 9.47 Å². The highest BCUT2D eigenvalue weighted by atomic mass is 16.6. The summed E-state index contributed by atoms with van der Waals surface area (Å²) < 4.78 is 11.2. The van der Waals surface area contributed by atoms with E-state index in [1.165, 1.54) is 24.8 Å². The Morgan fingerprint density at radius 1 is 1.03 bits per heavy atom. The van der Waals surface area contributed by atoms with Crippen molar-refractivity contribution in [3.63, 3.8) is 0 Å². The van der Waals surface area contributed by atoms with E-state index in [2.05, 4.69) is 41.6 Å². The molecule has 0 amide bonds. The first kappa shape index (κ1) is 20.5. The van der Waals surface area contributed by atoms with E-state index in [1.54, 1.807) is 14.2 Å². The Balaban J connectivity index is 1.77. The maximum atomic E-state index is 5.61. The van der Waals surface area contributed by atoms with Crippen LogP contribution in [-0.2, 0) is 4.84 Å². The van der Waals surface area contributed by atoms with E-state index in [0.29, 0.717) is 18.6 Å². The number of nitrogens with zero attached hydrogens (tertiary/aromatic N) is 2. The standard InChI is InChI=1S/C25H30N2O3/c1-5-30-27-16(2)17-10-12-18(13-11-17)25-21-15-24(29-4)23(28-3)14-20(21)19-8-6-7-9-22(19)26-25/h10-15,19,22H,5-9H2,1-4H3/t19-,22-/m1/s1. The number of fused-ring (bicyclic) bond motifs is 3. The minimum Gasteiger partial charge on any atom is -0.493 e. The molecule has 0 radical (unpaired) electrons. The molecule has 0 aromatic heterocycles. The van der Waals surface area contributed by atoms with Gasteiger partial charge >= 0.3 is 0 Å². The number of rotatable bonds is 6. The summed E-state index contributed by atoms with van der Waals surface area (Å²) in [6.07, 6.45) is 4.82. The lowest BCUT2D eigenvalue weighted by Gasteiger charge is -2.35. The molecule has 1 saturated carbocycles. The van der Waals surface area contributed by atoms with Gasteiger partial charge in [-0.15, -0.1) is 0 Å². The third-order valence-electron chi connectivity index (χ3n) is 6.14. The van der Waals surface area contributed by atoms with Crippen molar-refractivity contribution in [1.82, 2.24) is 0 Å². The maximum Gasteiger partial charge on any atom is 0.161 e. The number of benzene rings is 2. The number of ether oxygens (including phenoxy) is 2. The van der Waals surface area contributed by atoms with E-state index in [-0.39, 0.29) is 0 Å². The summed E-state index contributed by atoms with van der Waals surface area (Å²) in [7, 11) is 3.38. The van der Waals surface area contributed by atoms with Gasteiger partial charge in [0.05, 0.1) is 31.7 Å². The van der Waals surface area contributed by atoms with Gasteiger partial charge in [0.15, 0.2) is 11.5 Å². The predicted molar refractivity (Wildman–Crippen MR) is 120 cm³/mol. The van der Waals surface area contributed by atoms with Crippen molar-refractivity contribution in [2.24, 2.45) is 10.1 Å². The van der Waals surface area contributed by atoms with Gasteiger partial charge in [0.2, 0.25) is 0 Å². The van der Waals surface area contributed by atoms with Crippen LogP contribution in [0.2, 0.25) is 0 Å². The summed E-state index contributed by atoms with van der Waals surface area (Å²) in [6, 6.07) is 13.0. The molecule has 0 unspecified atom stereocenters. The lowest BCUT2D eigenvalue weighted by molar-refractivity contribution is 0.159. The van der Waals surface area contributed by atoms with Crippen molar-refractivity contribution < 1.29 is 14.3 Å². The smallest absolute Gasteiger partial charge is 0.161 e. The highest BCUT2D eigenvalue weighted by molar-refractivity contribution is 6.15. The molecule has 0 saturated heterocycles. The fraction of sp³-hybridized carbons (Fsp3) is 0.440. The molecule has 0 bridgehead atoms. The van der Waals surface area contributed by atoms with Gasteiger partial charge in [-0.05, 0) is 49.9 Å². The third kappa shape index (κ3) is 3.81. The summed E-state index contributed by atoms with van der Waals surface area (Å²) in [6.45, 7) is 4.46. The molecule has 158 valence electrons. The molecule has 1 aliphatic carbocycles. The lowest BCUT2D eigenvalue weighted by atomic mass is 9.75. The molecule has 1 heterocycles. The van der Waals surface area contributed by atoms with Gasteiger partial charge in [0, 0.05) is 17.0 Å². The van der Waals surface area contributed by atoms with Crippen LogP contribution in [0.1, 0.15) is 67.7 Å². The number of oxime groups is 1. The Kier molecular flexibility index (Phi) is 6.07. The van der Waals surface area contributed by atoms with Crippen molar-refractivity contribution in [3.05, 3.63) is 58.7 Å².